The Bertz CT molecular complexity index is 778. The van der Waals surface area contributed by atoms with Crippen LogP contribution in [0.15, 0.2) is 46.4 Å². The van der Waals surface area contributed by atoms with Crippen LogP contribution in [0.4, 0.5) is 0 Å². The van der Waals surface area contributed by atoms with Crippen molar-refractivity contribution in [1.82, 2.24) is 0 Å². The maximum atomic E-state index is 12.0. The van der Waals surface area contributed by atoms with Crippen molar-refractivity contribution in [3.8, 4) is 11.5 Å². The third-order valence-electron chi connectivity index (χ3n) is 3.14. The highest BCUT2D eigenvalue weighted by atomic mass is 32.1. The Kier molecular flexibility index (Phi) is 4.43. The van der Waals surface area contributed by atoms with Crippen LogP contribution in [0.25, 0.3) is 6.08 Å². The van der Waals surface area contributed by atoms with E-state index in [0.717, 1.165) is 10.4 Å². The second kappa shape index (κ2) is 6.66. The summed E-state index contributed by atoms with van der Waals surface area (Å²) in [6.07, 6.45) is 1.67. The van der Waals surface area contributed by atoms with Crippen LogP contribution >= 0.6 is 11.3 Å². The van der Waals surface area contributed by atoms with Gasteiger partial charge in [0, 0.05) is 0 Å². The Balaban J connectivity index is 1.92. The van der Waals surface area contributed by atoms with Crippen molar-refractivity contribution in [3.63, 3.8) is 0 Å². The second-order valence-corrected chi connectivity index (χ2v) is 5.60. The molecular weight excluding hydrogens is 314 g/mol. The zero-order valence-corrected chi connectivity index (χ0v) is 13.6. The van der Waals surface area contributed by atoms with Crippen molar-refractivity contribution < 1.29 is 19.0 Å². The molecular formula is C17H15NO4S. The number of thiophene rings is 1. The van der Waals surface area contributed by atoms with E-state index in [1.807, 2.05) is 30.5 Å². The standard InChI is InChI=1S/C17H15NO4S/c1-3-21-14-10-11(6-7-13(14)20-2)9-12-17(19)22-16(18-12)15-5-4-8-23-15/h4-10H,3H2,1-2H3/b12-9+. The number of cyclic esters (lactones) is 1. The first kappa shape index (κ1) is 15.3. The molecule has 5 nitrogen and oxygen atoms in total. The molecule has 0 amide bonds. The number of benzene rings is 1. The third-order valence-corrected chi connectivity index (χ3v) is 4.00. The molecule has 118 valence electrons. The van der Waals surface area contributed by atoms with Gasteiger partial charge in [-0.05, 0) is 42.1 Å². The molecule has 1 aliphatic heterocycles. The molecule has 0 saturated heterocycles. The summed E-state index contributed by atoms with van der Waals surface area (Å²) < 4.78 is 16.0. The zero-order valence-electron chi connectivity index (χ0n) is 12.7. The monoisotopic (exact) mass is 329 g/mol. The third kappa shape index (κ3) is 3.27. The van der Waals surface area contributed by atoms with E-state index in [1.165, 1.54) is 11.3 Å². The van der Waals surface area contributed by atoms with Crippen LogP contribution in [0.3, 0.4) is 0 Å². The molecule has 1 aromatic carbocycles. The average molecular weight is 329 g/mol. The smallest absolute Gasteiger partial charge is 0.363 e. The SMILES string of the molecule is CCOc1cc(/C=C2/N=C(c3cccs3)OC2=O)ccc1OC. The molecule has 0 saturated carbocycles. The normalized spacial score (nSPS) is 15.5. The summed E-state index contributed by atoms with van der Waals surface area (Å²) in [4.78, 5) is 17.1. The Labute approximate surface area is 137 Å². The predicted octanol–water partition coefficient (Wildman–Crippen LogP) is 3.50. The molecule has 0 radical (unpaired) electrons. The molecule has 0 bridgehead atoms. The van der Waals surface area contributed by atoms with Gasteiger partial charge in [-0.1, -0.05) is 12.1 Å². The molecule has 2 heterocycles. The van der Waals surface area contributed by atoms with Gasteiger partial charge in [0.25, 0.3) is 0 Å². The van der Waals surface area contributed by atoms with Crippen molar-refractivity contribution in [2.45, 2.75) is 6.92 Å². The molecule has 1 aliphatic rings. The van der Waals surface area contributed by atoms with E-state index in [2.05, 4.69) is 4.99 Å². The van der Waals surface area contributed by atoms with E-state index in [9.17, 15) is 4.79 Å². The van der Waals surface area contributed by atoms with Gasteiger partial charge in [0.1, 0.15) is 0 Å². The van der Waals surface area contributed by atoms with E-state index in [-0.39, 0.29) is 5.70 Å². The summed E-state index contributed by atoms with van der Waals surface area (Å²) in [5, 5.41) is 1.91. The first-order valence-corrected chi connectivity index (χ1v) is 7.96. The molecule has 0 spiro atoms. The number of rotatable bonds is 5. The van der Waals surface area contributed by atoms with Crippen LogP contribution in [0.5, 0.6) is 11.5 Å². The predicted molar refractivity (Wildman–Crippen MR) is 89.1 cm³/mol. The van der Waals surface area contributed by atoms with E-state index < -0.39 is 5.97 Å². The Morgan fingerprint density at radius 3 is 2.87 bits per heavy atom. The molecule has 0 unspecified atom stereocenters. The minimum atomic E-state index is -0.456. The van der Waals surface area contributed by atoms with Gasteiger partial charge in [-0.15, -0.1) is 11.3 Å². The number of carbonyl (C=O) groups is 1. The second-order valence-electron chi connectivity index (χ2n) is 4.66. The molecule has 1 aromatic heterocycles. The largest absolute Gasteiger partial charge is 0.493 e. The van der Waals surface area contributed by atoms with Gasteiger partial charge in [0.15, 0.2) is 17.2 Å². The van der Waals surface area contributed by atoms with Crippen LogP contribution in [0.2, 0.25) is 0 Å². The Morgan fingerprint density at radius 2 is 2.17 bits per heavy atom. The molecule has 23 heavy (non-hydrogen) atoms. The fraction of sp³-hybridized carbons (Fsp3) is 0.176. The number of esters is 1. The minimum absolute atomic E-state index is 0.265. The van der Waals surface area contributed by atoms with Crippen molar-refractivity contribution in [2.75, 3.05) is 13.7 Å². The lowest BCUT2D eigenvalue weighted by Gasteiger charge is -2.09. The van der Waals surface area contributed by atoms with Gasteiger partial charge < -0.3 is 14.2 Å². The van der Waals surface area contributed by atoms with Crippen molar-refractivity contribution in [3.05, 3.63) is 51.8 Å². The molecule has 3 rings (SSSR count). The summed E-state index contributed by atoms with van der Waals surface area (Å²) in [7, 11) is 1.59. The van der Waals surface area contributed by atoms with Gasteiger partial charge >= 0.3 is 5.97 Å². The van der Waals surface area contributed by atoms with Gasteiger partial charge in [0.2, 0.25) is 5.90 Å². The van der Waals surface area contributed by atoms with Crippen LogP contribution in [0.1, 0.15) is 17.4 Å². The fourth-order valence-electron chi connectivity index (χ4n) is 2.12. The number of methoxy groups -OCH3 is 1. The Hall–Kier alpha value is -2.60. The summed E-state index contributed by atoms with van der Waals surface area (Å²) in [5.41, 5.74) is 1.05. The van der Waals surface area contributed by atoms with Gasteiger partial charge in [-0.25, -0.2) is 9.79 Å². The van der Waals surface area contributed by atoms with E-state index in [0.29, 0.717) is 24.0 Å². The highest BCUT2D eigenvalue weighted by Crippen LogP contribution is 2.30. The van der Waals surface area contributed by atoms with Crippen molar-refractivity contribution >= 4 is 29.3 Å². The number of carbonyl (C=O) groups excluding carboxylic acids is 1. The number of nitrogens with zero attached hydrogens (tertiary/aromatic N) is 1. The summed E-state index contributed by atoms with van der Waals surface area (Å²) in [6, 6.07) is 9.18. The van der Waals surface area contributed by atoms with Gasteiger partial charge in [-0.2, -0.15) is 0 Å². The van der Waals surface area contributed by atoms with Crippen molar-refractivity contribution in [1.29, 1.82) is 0 Å². The first-order valence-electron chi connectivity index (χ1n) is 7.08. The molecule has 2 aromatic rings. The molecule has 0 N–H and O–H groups in total. The Morgan fingerprint density at radius 1 is 1.30 bits per heavy atom. The van der Waals surface area contributed by atoms with E-state index in [4.69, 9.17) is 14.2 Å². The van der Waals surface area contributed by atoms with Crippen LogP contribution in [-0.2, 0) is 9.53 Å². The van der Waals surface area contributed by atoms with Crippen molar-refractivity contribution in [2.24, 2.45) is 4.99 Å². The first-order chi connectivity index (χ1) is 11.2. The summed E-state index contributed by atoms with van der Waals surface area (Å²) in [6.45, 7) is 2.43. The summed E-state index contributed by atoms with van der Waals surface area (Å²) >= 11 is 1.47. The van der Waals surface area contributed by atoms with Crippen LogP contribution < -0.4 is 9.47 Å². The lowest BCUT2D eigenvalue weighted by atomic mass is 10.1. The van der Waals surface area contributed by atoms with Crippen LogP contribution in [-0.4, -0.2) is 25.6 Å². The lowest BCUT2D eigenvalue weighted by molar-refractivity contribution is -0.129. The minimum Gasteiger partial charge on any atom is -0.493 e. The summed E-state index contributed by atoms with van der Waals surface area (Å²) in [5.74, 6) is 1.15. The highest BCUT2D eigenvalue weighted by molar-refractivity contribution is 7.12. The number of ether oxygens (including phenoxy) is 3. The fourth-order valence-corrected chi connectivity index (χ4v) is 2.77. The molecule has 0 atom stereocenters. The number of aliphatic imine (C=N–C) groups is 1. The zero-order chi connectivity index (χ0) is 16.2. The number of hydrogen-bond acceptors (Lipinski definition) is 6. The number of hydrogen-bond donors (Lipinski definition) is 0. The van der Waals surface area contributed by atoms with E-state index >= 15 is 0 Å². The molecule has 0 fully saturated rings. The quantitative estimate of drug-likeness (QED) is 0.622. The van der Waals surface area contributed by atoms with E-state index in [1.54, 1.807) is 25.3 Å². The maximum Gasteiger partial charge on any atom is 0.363 e. The highest BCUT2D eigenvalue weighted by Gasteiger charge is 2.24. The van der Waals surface area contributed by atoms with Gasteiger partial charge in [0.05, 0.1) is 18.6 Å². The maximum absolute atomic E-state index is 12.0. The molecule has 6 heteroatoms. The van der Waals surface area contributed by atoms with Crippen LogP contribution in [0, 0.1) is 0 Å². The molecule has 0 aliphatic carbocycles. The van der Waals surface area contributed by atoms with Gasteiger partial charge in [-0.3, -0.25) is 0 Å². The topological polar surface area (TPSA) is 57.1 Å². The average Bonchev–Trinajstić information content (AvgIpc) is 3.19. The lowest BCUT2D eigenvalue weighted by Crippen LogP contribution is -2.03.